The third-order valence-electron chi connectivity index (χ3n) is 9.25. The molecule has 0 aliphatic carbocycles. The number of nitrogens with zero attached hydrogens (tertiary/aromatic N) is 1. The lowest BCUT2D eigenvalue weighted by atomic mass is 9.93. The Kier molecular flexibility index (Phi) is 8.81. The van der Waals surface area contributed by atoms with Gasteiger partial charge in [0.15, 0.2) is 0 Å². The Balaban J connectivity index is 0.000000182. The van der Waals surface area contributed by atoms with Crippen molar-refractivity contribution in [3.05, 3.63) is 174 Å². The molecule has 0 radical (unpaired) electrons. The first-order chi connectivity index (χ1) is 23.5. The fourth-order valence-corrected chi connectivity index (χ4v) is 6.64. The van der Waals surface area contributed by atoms with E-state index >= 15 is 0 Å². The van der Waals surface area contributed by atoms with Crippen molar-refractivity contribution in [2.24, 2.45) is 0 Å². The van der Waals surface area contributed by atoms with Crippen LogP contribution in [-0.2, 0) is 6.42 Å². The number of para-hydroxylation sites is 1. The topological polar surface area (TPSA) is 15.3 Å². The van der Waals surface area contributed by atoms with Crippen LogP contribution in [0.2, 0.25) is 0 Å². The minimum absolute atomic E-state index is 0.586. The highest BCUT2D eigenvalue weighted by atomic mass is 15.1. The van der Waals surface area contributed by atoms with E-state index in [0.29, 0.717) is 5.92 Å². The smallest absolute Gasteiger partial charge is 0.0540 e. The van der Waals surface area contributed by atoms with E-state index in [-0.39, 0.29) is 0 Å². The summed E-state index contributed by atoms with van der Waals surface area (Å²) < 4.78 is 0. The van der Waals surface area contributed by atoms with Crippen LogP contribution in [0.15, 0.2) is 158 Å². The quantitative estimate of drug-likeness (QED) is 0.178. The summed E-state index contributed by atoms with van der Waals surface area (Å²) in [6.07, 6.45) is 1.05. The second kappa shape index (κ2) is 13.6. The van der Waals surface area contributed by atoms with E-state index < -0.39 is 0 Å². The van der Waals surface area contributed by atoms with Crippen LogP contribution in [0.25, 0.3) is 32.3 Å². The molecule has 8 rings (SSSR count). The Morgan fingerprint density at radius 1 is 0.542 bits per heavy atom. The zero-order valence-corrected chi connectivity index (χ0v) is 28.2. The lowest BCUT2D eigenvalue weighted by Crippen LogP contribution is -2.10. The van der Waals surface area contributed by atoms with E-state index in [1.54, 1.807) is 0 Å². The van der Waals surface area contributed by atoms with Gasteiger partial charge in [-0.1, -0.05) is 124 Å². The molecule has 0 saturated carbocycles. The molecule has 8 aromatic rings. The van der Waals surface area contributed by atoms with Gasteiger partial charge in [-0.05, 0) is 117 Å². The highest BCUT2D eigenvalue weighted by molar-refractivity contribution is 6.25. The zero-order chi connectivity index (χ0) is 33.0. The number of benzene rings is 8. The monoisotopic (exact) mass is 622 g/mol. The molecule has 2 nitrogen and oxygen atoms in total. The van der Waals surface area contributed by atoms with Crippen LogP contribution in [0.1, 0.15) is 43.4 Å². The first-order valence-corrected chi connectivity index (χ1v) is 17.0. The van der Waals surface area contributed by atoms with Crippen molar-refractivity contribution in [1.82, 2.24) is 0 Å². The van der Waals surface area contributed by atoms with Gasteiger partial charge >= 0.3 is 0 Å². The predicted molar refractivity (Wildman–Crippen MR) is 209 cm³/mol. The van der Waals surface area contributed by atoms with Crippen LogP contribution >= 0.6 is 0 Å². The normalized spacial score (nSPS) is 11.2. The molecule has 0 bridgehead atoms. The number of hydrogen-bond donors (Lipinski definition) is 1. The SMILES string of the molecule is CCc1ccc(N(c2ccccc2)c2ccc3ccc4cccc5ccc2c3c45)cc1.Cc1cccc(Nc2ccc(C(C)C)cc2)c1. The van der Waals surface area contributed by atoms with Gasteiger partial charge in [-0.2, -0.15) is 0 Å². The maximum atomic E-state index is 3.41. The van der Waals surface area contributed by atoms with Crippen molar-refractivity contribution < 1.29 is 0 Å². The van der Waals surface area contributed by atoms with E-state index in [1.165, 1.54) is 66.1 Å². The van der Waals surface area contributed by atoms with Crippen LogP contribution in [-0.4, -0.2) is 0 Å². The van der Waals surface area contributed by atoms with Crippen molar-refractivity contribution in [3.8, 4) is 0 Å². The summed E-state index contributed by atoms with van der Waals surface area (Å²) in [4.78, 5) is 2.38. The van der Waals surface area contributed by atoms with Gasteiger partial charge in [0.25, 0.3) is 0 Å². The van der Waals surface area contributed by atoms with E-state index in [1.807, 2.05) is 0 Å². The zero-order valence-electron chi connectivity index (χ0n) is 28.2. The maximum absolute atomic E-state index is 3.41. The number of aryl methyl sites for hydroxylation is 2. The molecule has 0 aliphatic rings. The van der Waals surface area contributed by atoms with Crippen LogP contribution in [0.3, 0.4) is 0 Å². The van der Waals surface area contributed by atoms with Crippen LogP contribution < -0.4 is 10.2 Å². The molecular formula is C46H42N2. The van der Waals surface area contributed by atoms with E-state index in [0.717, 1.165) is 17.8 Å². The fourth-order valence-electron chi connectivity index (χ4n) is 6.64. The molecule has 0 aliphatic heterocycles. The van der Waals surface area contributed by atoms with Gasteiger partial charge in [0.1, 0.15) is 0 Å². The molecule has 8 aromatic carbocycles. The first-order valence-electron chi connectivity index (χ1n) is 17.0. The third kappa shape index (κ3) is 6.35. The standard InChI is InChI=1S/C30H23N.C16H19N/c1-2-21-11-17-26(18-12-21)31(25-9-4-3-5-10-25)28-20-16-24-14-13-22-7-6-8-23-15-19-27(28)30(24)29(22)23;1-12(2)14-7-9-15(10-8-14)17-16-6-4-5-13(3)11-16/h3-20H,2H2,1H3;4-12,17H,1-3H3. The largest absolute Gasteiger partial charge is 0.356 e. The van der Waals surface area contributed by atoms with Crippen molar-refractivity contribution in [3.63, 3.8) is 0 Å². The fraction of sp³-hybridized carbons (Fsp3) is 0.130. The van der Waals surface area contributed by atoms with E-state index in [2.05, 4.69) is 196 Å². The van der Waals surface area contributed by atoms with Gasteiger partial charge in [0, 0.05) is 28.1 Å². The molecule has 48 heavy (non-hydrogen) atoms. The van der Waals surface area contributed by atoms with Crippen molar-refractivity contribution in [2.75, 3.05) is 10.2 Å². The molecule has 0 atom stereocenters. The van der Waals surface area contributed by atoms with Gasteiger partial charge < -0.3 is 10.2 Å². The van der Waals surface area contributed by atoms with Gasteiger partial charge in [-0.25, -0.2) is 0 Å². The second-order valence-electron chi connectivity index (χ2n) is 12.9. The maximum Gasteiger partial charge on any atom is 0.0540 e. The highest BCUT2D eigenvalue weighted by Crippen LogP contribution is 2.43. The third-order valence-corrected chi connectivity index (χ3v) is 9.25. The van der Waals surface area contributed by atoms with E-state index in [4.69, 9.17) is 0 Å². The summed E-state index contributed by atoms with van der Waals surface area (Å²) in [5.41, 5.74) is 9.84. The summed E-state index contributed by atoms with van der Waals surface area (Å²) in [7, 11) is 0. The van der Waals surface area contributed by atoms with Gasteiger partial charge in [0.2, 0.25) is 0 Å². The number of anilines is 5. The Hall–Kier alpha value is -5.60. The first kappa shape index (κ1) is 31.0. The average Bonchev–Trinajstić information content (AvgIpc) is 3.12. The minimum Gasteiger partial charge on any atom is -0.356 e. The summed E-state index contributed by atoms with van der Waals surface area (Å²) in [6, 6.07) is 56.8. The molecule has 0 fully saturated rings. The highest BCUT2D eigenvalue weighted by Gasteiger charge is 2.18. The Morgan fingerprint density at radius 2 is 1.17 bits per heavy atom. The second-order valence-corrected chi connectivity index (χ2v) is 12.9. The molecule has 0 spiro atoms. The van der Waals surface area contributed by atoms with Gasteiger partial charge in [-0.3, -0.25) is 0 Å². The molecule has 2 heteroatoms. The van der Waals surface area contributed by atoms with Crippen LogP contribution in [0.5, 0.6) is 0 Å². The molecule has 236 valence electrons. The van der Waals surface area contributed by atoms with Crippen molar-refractivity contribution in [1.29, 1.82) is 0 Å². The minimum atomic E-state index is 0.586. The summed E-state index contributed by atoms with van der Waals surface area (Å²) >= 11 is 0. The summed E-state index contributed by atoms with van der Waals surface area (Å²) in [5, 5.41) is 11.3. The number of rotatable bonds is 7. The molecule has 0 saturated heterocycles. The van der Waals surface area contributed by atoms with Crippen molar-refractivity contribution in [2.45, 2.75) is 40.0 Å². The lowest BCUT2D eigenvalue weighted by molar-refractivity contribution is 0.867. The van der Waals surface area contributed by atoms with Crippen LogP contribution in [0.4, 0.5) is 28.4 Å². The van der Waals surface area contributed by atoms with Crippen molar-refractivity contribution >= 4 is 60.8 Å². The summed E-state index contributed by atoms with van der Waals surface area (Å²) in [5.74, 6) is 0.586. The lowest BCUT2D eigenvalue weighted by Gasteiger charge is -2.27. The van der Waals surface area contributed by atoms with Gasteiger partial charge in [-0.15, -0.1) is 0 Å². The molecule has 0 amide bonds. The predicted octanol–water partition coefficient (Wildman–Crippen LogP) is 13.5. The average molecular weight is 623 g/mol. The molecule has 0 unspecified atom stereocenters. The number of hydrogen-bond acceptors (Lipinski definition) is 2. The van der Waals surface area contributed by atoms with E-state index in [9.17, 15) is 0 Å². The Bertz CT molecular complexity index is 2250. The molecule has 0 heterocycles. The Morgan fingerprint density at radius 3 is 1.83 bits per heavy atom. The summed E-state index contributed by atoms with van der Waals surface area (Å²) in [6.45, 7) is 8.73. The molecular weight excluding hydrogens is 581 g/mol. The van der Waals surface area contributed by atoms with Crippen LogP contribution in [0, 0.1) is 6.92 Å². The van der Waals surface area contributed by atoms with Gasteiger partial charge in [0.05, 0.1) is 5.69 Å². The molecule has 1 N–H and O–H groups in total. The number of nitrogens with one attached hydrogen (secondary N) is 1. The molecule has 0 aromatic heterocycles. The Labute approximate surface area is 284 Å².